The summed E-state index contributed by atoms with van der Waals surface area (Å²) >= 11 is 3.34. The van der Waals surface area contributed by atoms with Gasteiger partial charge in [0.05, 0.1) is 0 Å². The number of hydrogen-bond acceptors (Lipinski definition) is 3. The summed E-state index contributed by atoms with van der Waals surface area (Å²) < 4.78 is 0.865. The summed E-state index contributed by atoms with van der Waals surface area (Å²) in [5, 5.41) is 2.67. The van der Waals surface area contributed by atoms with E-state index in [0.717, 1.165) is 10.0 Å². The van der Waals surface area contributed by atoms with E-state index < -0.39 is 6.04 Å². The number of nitrogens with zero attached hydrogens (tertiary/aromatic N) is 1. The van der Waals surface area contributed by atoms with E-state index in [-0.39, 0.29) is 18.4 Å². The second-order valence-electron chi connectivity index (χ2n) is 4.06. The molecule has 18 heavy (non-hydrogen) atoms. The van der Waals surface area contributed by atoms with Crippen molar-refractivity contribution in [3.05, 3.63) is 28.2 Å². The van der Waals surface area contributed by atoms with E-state index in [0.29, 0.717) is 12.2 Å². The number of halogens is 1. The number of amides is 2. The van der Waals surface area contributed by atoms with Crippen molar-refractivity contribution < 1.29 is 9.59 Å². The number of likely N-dealkylation sites (N-methyl/N-ethyl adjacent to an activating group) is 1. The highest BCUT2D eigenvalue weighted by molar-refractivity contribution is 9.10. The molecular formula is C12H14BrN3O2. The Hall–Kier alpha value is -1.40. The van der Waals surface area contributed by atoms with Crippen molar-refractivity contribution in [1.82, 2.24) is 5.32 Å². The van der Waals surface area contributed by atoms with Crippen LogP contribution < -0.4 is 16.0 Å². The van der Waals surface area contributed by atoms with Crippen molar-refractivity contribution in [2.45, 2.75) is 13.0 Å². The summed E-state index contributed by atoms with van der Waals surface area (Å²) in [4.78, 5) is 25.0. The number of rotatable bonds is 3. The largest absolute Gasteiger partial charge is 0.355 e. The minimum Gasteiger partial charge on any atom is -0.355 e. The number of anilines is 1. The lowest BCUT2D eigenvalue weighted by Crippen LogP contribution is -2.40. The summed E-state index contributed by atoms with van der Waals surface area (Å²) in [6.45, 7) is 2.38. The van der Waals surface area contributed by atoms with Crippen molar-refractivity contribution in [3.63, 3.8) is 0 Å². The first-order chi connectivity index (χ1) is 8.54. The molecule has 0 saturated carbocycles. The number of hydrogen-bond donors (Lipinski definition) is 2. The molecule has 6 heteroatoms. The van der Waals surface area contributed by atoms with Gasteiger partial charge in [0.15, 0.2) is 0 Å². The van der Waals surface area contributed by atoms with Gasteiger partial charge in [0.2, 0.25) is 11.8 Å². The number of nitrogens with two attached hydrogens (primary N) is 1. The number of carbonyl (C=O) groups excluding carboxylic acids is 2. The van der Waals surface area contributed by atoms with Crippen LogP contribution in [0.25, 0.3) is 0 Å². The lowest BCUT2D eigenvalue weighted by Gasteiger charge is -2.16. The van der Waals surface area contributed by atoms with Crippen LogP contribution in [0, 0.1) is 0 Å². The topological polar surface area (TPSA) is 75.4 Å². The third kappa shape index (κ3) is 2.26. The van der Waals surface area contributed by atoms with Gasteiger partial charge >= 0.3 is 0 Å². The summed E-state index contributed by atoms with van der Waals surface area (Å²) in [6.07, 6.45) is 0. The third-order valence-corrected chi connectivity index (χ3v) is 3.32. The van der Waals surface area contributed by atoms with Gasteiger partial charge in [0, 0.05) is 22.3 Å². The molecule has 3 N–H and O–H groups in total. The zero-order valence-corrected chi connectivity index (χ0v) is 11.5. The van der Waals surface area contributed by atoms with Crippen LogP contribution in [-0.2, 0) is 9.59 Å². The molecule has 1 aliphatic rings. The van der Waals surface area contributed by atoms with Crippen LogP contribution in [-0.4, -0.2) is 24.9 Å². The highest BCUT2D eigenvalue weighted by atomic mass is 79.9. The molecule has 0 bridgehead atoms. The maximum atomic E-state index is 12.0. The Morgan fingerprint density at radius 3 is 2.94 bits per heavy atom. The van der Waals surface area contributed by atoms with Gasteiger partial charge in [-0.3, -0.25) is 9.59 Å². The average Bonchev–Trinajstić information content (AvgIpc) is 2.55. The quantitative estimate of drug-likeness (QED) is 0.872. The number of fused-ring (bicyclic) bond motifs is 1. The molecule has 0 fully saturated rings. The summed E-state index contributed by atoms with van der Waals surface area (Å²) in [7, 11) is 0. The molecule has 1 aromatic carbocycles. The highest BCUT2D eigenvalue weighted by Crippen LogP contribution is 2.35. The normalized spacial score (nSPS) is 17.8. The zero-order chi connectivity index (χ0) is 13.3. The maximum Gasteiger partial charge on any atom is 0.249 e. The molecule has 1 aromatic rings. The smallest absolute Gasteiger partial charge is 0.249 e. The third-order valence-electron chi connectivity index (χ3n) is 2.82. The molecule has 0 spiro atoms. The van der Waals surface area contributed by atoms with Crippen LogP contribution in [0.2, 0.25) is 0 Å². The van der Waals surface area contributed by atoms with Crippen molar-refractivity contribution >= 4 is 33.4 Å². The fourth-order valence-electron chi connectivity index (χ4n) is 2.00. The lowest BCUT2D eigenvalue weighted by atomic mass is 10.1. The van der Waals surface area contributed by atoms with Gasteiger partial charge in [-0.1, -0.05) is 15.9 Å². The zero-order valence-electron chi connectivity index (χ0n) is 9.94. The second kappa shape index (κ2) is 5.07. The van der Waals surface area contributed by atoms with Crippen LogP contribution in [0.1, 0.15) is 18.5 Å². The molecule has 96 valence electrons. The summed E-state index contributed by atoms with van der Waals surface area (Å²) in [5.74, 6) is -0.428. The molecule has 0 aromatic heterocycles. The Labute approximate surface area is 113 Å². The Morgan fingerprint density at radius 2 is 2.28 bits per heavy atom. The van der Waals surface area contributed by atoms with Gasteiger partial charge in [0.1, 0.15) is 12.6 Å². The van der Waals surface area contributed by atoms with E-state index in [4.69, 9.17) is 5.73 Å². The second-order valence-corrected chi connectivity index (χ2v) is 4.97. The Kier molecular flexibility index (Phi) is 3.68. The highest BCUT2D eigenvalue weighted by Gasteiger charge is 2.35. The van der Waals surface area contributed by atoms with Gasteiger partial charge in [-0.15, -0.1) is 0 Å². The first-order valence-corrected chi connectivity index (χ1v) is 6.47. The minimum absolute atomic E-state index is 0.00893. The molecule has 0 saturated heterocycles. The predicted octanol–water partition coefficient (Wildman–Crippen LogP) is 0.932. The van der Waals surface area contributed by atoms with E-state index in [2.05, 4.69) is 21.2 Å². The Balaban J connectivity index is 2.28. The number of benzene rings is 1. The molecule has 0 radical (unpaired) electrons. The monoisotopic (exact) mass is 311 g/mol. The number of nitrogens with one attached hydrogen (secondary N) is 1. The maximum absolute atomic E-state index is 12.0. The summed E-state index contributed by atoms with van der Waals surface area (Å²) in [6, 6.07) is 4.75. The van der Waals surface area contributed by atoms with Crippen molar-refractivity contribution in [1.29, 1.82) is 0 Å². The van der Waals surface area contributed by atoms with Crippen molar-refractivity contribution in [2.24, 2.45) is 5.73 Å². The van der Waals surface area contributed by atoms with E-state index >= 15 is 0 Å². The van der Waals surface area contributed by atoms with Gasteiger partial charge in [0.25, 0.3) is 0 Å². The van der Waals surface area contributed by atoms with Crippen molar-refractivity contribution in [2.75, 3.05) is 18.0 Å². The molecular weight excluding hydrogens is 298 g/mol. The van der Waals surface area contributed by atoms with Crippen molar-refractivity contribution in [3.8, 4) is 0 Å². The van der Waals surface area contributed by atoms with Gasteiger partial charge in [-0.2, -0.15) is 0 Å². The first kappa shape index (κ1) is 13.0. The van der Waals surface area contributed by atoms with Crippen LogP contribution in [0.5, 0.6) is 0 Å². The number of carbonyl (C=O) groups is 2. The molecule has 0 aliphatic carbocycles. The molecule has 2 amide bonds. The van der Waals surface area contributed by atoms with Gasteiger partial charge in [-0.05, 0) is 25.1 Å². The predicted molar refractivity (Wildman–Crippen MR) is 72.1 cm³/mol. The fourth-order valence-corrected chi connectivity index (χ4v) is 2.38. The van der Waals surface area contributed by atoms with E-state index in [1.165, 1.54) is 4.90 Å². The first-order valence-electron chi connectivity index (χ1n) is 5.67. The van der Waals surface area contributed by atoms with Crippen LogP contribution >= 0.6 is 15.9 Å². The molecule has 2 rings (SSSR count). The Bertz CT molecular complexity index is 504. The summed E-state index contributed by atoms with van der Waals surface area (Å²) in [5.41, 5.74) is 7.31. The van der Waals surface area contributed by atoms with Gasteiger partial charge in [-0.25, -0.2) is 0 Å². The van der Waals surface area contributed by atoms with Gasteiger partial charge < -0.3 is 16.0 Å². The Morgan fingerprint density at radius 1 is 1.56 bits per heavy atom. The average molecular weight is 312 g/mol. The fraction of sp³-hybridized carbons (Fsp3) is 0.333. The molecule has 1 unspecified atom stereocenters. The molecule has 1 atom stereocenters. The minimum atomic E-state index is -0.688. The van der Waals surface area contributed by atoms with E-state index in [1.54, 1.807) is 6.07 Å². The SMILES string of the molecule is CCNC(=O)CN1C(=O)C(N)c2cc(Br)ccc21. The van der Waals surface area contributed by atoms with Crippen LogP contribution in [0.3, 0.4) is 0 Å². The standard InChI is InChI=1S/C12H14BrN3O2/c1-2-15-10(17)6-16-9-4-3-7(13)5-8(9)11(14)12(16)18/h3-5,11H,2,6,14H2,1H3,(H,15,17). The molecule has 1 heterocycles. The lowest BCUT2D eigenvalue weighted by molar-refractivity contribution is -0.124. The molecule has 5 nitrogen and oxygen atoms in total. The molecule has 1 aliphatic heterocycles. The van der Waals surface area contributed by atoms with Crippen LogP contribution in [0.4, 0.5) is 5.69 Å². The van der Waals surface area contributed by atoms with Crippen LogP contribution in [0.15, 0.2) is 22.7 Å². The van der Waals surface area contributed by atoms with E-state index in [9.17, 15) is 9.59 Å². The van der Waals surface area contributed by atoms with E-state index in [1.807, 2.05) is 19.1 Å².